The summed E-state index contributed by atoms with van der Waals surface area (Å²) in [5, 5.41) is 12.6. The van der Waals surface area contributed by atoms with Crippen molar-refractivity contribution >= 4 is 22.7 Å². The third kappa shape index (κ3) is 3.06. The first-order valence-electron chi connectivity index (χ1n) is 10.4. The Labute approximate surface area is 184 Å². The molecule has 32 heavy (non-hydrogen) atoms. The highest BCUT2D eigenvalue weighted by Crippen LogP contribution is 2.34. The van der Waals surface area contributed by atoms with Gasteiger partial charge >= 0.3 is 0 Å². The van der Waals surface area contributed by atoms with Crippen LogP contribution in [0, 0.1) is 0 Å². The number of carbonyl (C=O) groups excluding carboxylic acids is 2. The van der Waals surface area contributed by atoms with Gasteiger partial charge in [0.15, 0.2) is 5.82 Å². The zero-order valence-corrected chi connectivity index (χ0v) is 18.5. The SMILES string of the molecule is CNC(=O)c1nc(-c2ccc3c(c2)c(-c2cnn(C)c2)nn3C)c2n1CCN(C(C)=O)C2. The maximum Gasteiger partial charge on any atom is 0.287 e. The van der Waals surface area contributed by atoms with Crippen LogP contribution in [0.3, 0.4) is 0 Å². The monoisotopic (exact) mass is 432 g/mol. The van der Waals surface area contributed by atoms with Gasteiger partial charge in [0.1, 0.15) is 5.69 Å². The van der Waals surface area contributed by atoms with Crippen LogP contribution in [-0.4, -0.2) is 59.4 Å². The van der Waals surface area contributed by atoms with Crippen LogP contribution in [0.1, 0.15) is 23.2 Å². The van der Waals surface area contributed by atoms with Gasteiger partial charge in [-0.25, -0.2) is 4.98 Å². The minimum absolute atomic E-state index is 0.00599. The van der Waals surface area contributed by atoms with E-state index in [-0.39, 0.29) is 11.8 Å². The van der Waals surface area contributed by atoms with Crippen LogP contribution >= 0.6 is 0 Å². The summed E-state index contributed by atoms with van der Waals surface area (Å²) >= 11 is 0. The third-order valence-electron chi connectivity index (χ3n) is 5.98. The van der Waals surface area contributed by atoms with Gasteiger partial charge in [0.25, 0.3) is 5.91 Å². The lowest BCUT2D eigenvalue weighted by molar-refractivity contribution is -0.130. The van der Waals surface area contributed by atoms with Gasteiger partial charge in [-0.2, -0.15) is 10.2 Å². The zero-order valence-electron chi connectivity index (χ0n) is 18.5. The van der Waals surface area contributed by atoms with Crippen molar-refractivity contribution in [1.82, 2.24) is 39.3 Å². The van der Waals surface area contributed by atoms with Crippen molar-refractivity contribution in [2.24, 2.45) is 14.1 Å². The smallest absolute Gasteiger partial charge is 0.287 e. The number of fused-ring (bicyclic) bond motifs is 2. The molecule has 0 bridgehead atoms. The van der Waals surface area contributed by atoms with Gasteiger partial charge in [-0.3, -0.25) is 19.0 Å². The summed E-state index contributed by atoms with van der Waals surface area (Å²) in [6.45, 7) is 3.05. The fraction of sp³-hybridized carbons (Fsp3) is 0.318. The van der Waals surface area contributed by atoms with Gasteiger partial charge in [-0.1, -0.05) is 6.07 Å². The Hall–Kier alpha value is -3.95. The Morgan fingerprint density at radius 1 is 1.09 bits per heavy atom. The average Bonchev–Trinajstić information content (AvgIpc) is 3.47. The molecule has 1 aromatic carbocycles. The first-order chi connectivity index (χ1) is 15.4. The lowest BCUT2D eigenvalue weighted by Crippen LogP contribution is -2.38. The predicted molar refractivity (Wildman–Crippen MR) is 119 cm³/mol. The van der Waals surface area contributed by atoms with Crippen molar-refractivity contribution in [1.29, 1.82) is 0 Å². The van der Waals surface area contributed by atoms with Crippen LogP contribution in [0.5, 0.6) is 0 Å². The molecule has 0 atom stereocenters. The third-order valence-corrected chi connectivity index (χ3v) is 5.98. The average molecular weight is 432 g/mol. The van der Waals surface area contributed by atoms with Crippen LogP contribution in [0.2, 0.25) is 0 Å². The van der Waals surface area contributed by atoms with Gasteiger partial charge in [0.05, 0.1) is 29.6 Å². The molecule has 0 fully saturated rings. The lowest BCUT2D eigenvalue weighted by Gasteiger charge is -2.28. The number of amides is 2. The summed E-state index contributed by atoms with van der Waals surface area (Å²) in [6.07, 6.45) is 3.72. The fourth-order valence-corrected chi connectivity index (χ4v) is 4.32. The van der Waals surface area contributed by atoms with E-state index in [0.29, 0.717) is 31.2 Å². The second-order valence-electron chi connectivity index (χ2n) is 8.01. The van der Waals surface area contributed by atoms with E-state index in [1.54, 1.807) is 29.7 Å². The number of rotatable bonds is 3. The van der Waals surface area contributed by atoms with E-state index in [2.05, 4.69) is 10.4 Å². The Morgan fingerprint density at radius 2 is 1.91 bits per heavy atom. The Bertz CT molecular complexity index is 1380. The van der Waals surface area contributed by atoms with E-state index < -0.39 is 0 Å². The Morgan fingerprint density at radius 3 is 2.59 bits per heavy atom. The van der Waals surface area contributed by atoms with Crippen LogP contribution in [0.4, 0.5) is 0 Å². The van der Waals surface area contributed by atoms with Gasteiger partial charge < -0.3 is 14.8 Å². The van der Waals surface area contributed by atoms with Crippen LogP contribution < -0.4 is 5.32 Å². The fourth-order valence-electron chi connectivity index (χ4n) is 4.32. The molecule has 0 unspecified atom stereocenters. The van der Waals surface area contributed by atoms with Crippen LogP contribution in [-0.2, 0) is 32.0 Å². The molecule has 0 saturated carbocycles. The Balaban J connectivity index is 1.69. The minimum Gasteiger partial charge on any atom is -0.352 e. The second kappa shape index (κ2) is 7.33. The van der Waals surface area contributed by atoms with Crippen molar-refractivity contribution in [2.45, 2.75) is 20.0 Å². The lowest BCUT2D eigenvalue weighted by atomic mass is 10.0. The Kier molecular flexibility index (Phi) is 4.58. The number of hydrogen-bond donors (Lipinski definition) is 1. The van der Waals surface area contributed by atoms with Crippen molar-refractivity contribution in [3.8, 4) is 22.5 Å². The van der Waals surface area contributed by atoms with Gasteiger partial charge in [0, 0.05) is 63.9 Å². The molecule has 10 heteroatoms. The molecule has 164 valence electrons. The molecular weight excluding hydrogens is 408 g/mol. The number of imidazole rings is 1. The quantitative estimate of drug-likeness (QED) is 0.529. The number of nitrogens with one attached hydrogen (secondary N) is 1. The van der Waals surface area contributed by atoms with Gasteiger partial charge in [-0.05, 0) is 12.1 Å². The summed E-state index contributed by atoms with van der Waals surface area (Å²) < 4.78 is 5.51. The molecule has 5 rings (SSSR count). The van der Waals surface area contributed by atoms with Crippen molar-refractivity contribution < 1.29 is 9.59 Å². The minimum atomic E-state index is -0.243. The molecule has 2 amide bonds. The second-order valence-corrected chi connectivity index (χ2v) is 8.01. The summed E-state index contributed by atoms with van der Waals surface area (Å²) in [6, 6.07) is 6.04. The van der Waals surface area contributed by atoms with Crippen LogP contribution in [0.25, 0.3) is 33.4 Å². The number of benzene rings is 1. The molecule has 4 heterocycles. The molecule has 0 saturated heterocycles. The predicted octanol–water partition coefficient (Wildman–Crippen LogP) is 1.56. The maximum atomic E-state index is 12.5. The molecule has 0 aliphatic carbocycles. The van der Waals surface area contributed by atoms with Crippen molar-refractivity contribution in [3.05, 3.63) is 42.1 Å². The first-order valence-corrected chi connectivity index (χ1v) is 10.4. The molecular formula is C22H24N8O2. The van der Waals surface area contributed by atoms with Crippen molar-refractivity contribution in [3.63, 3.8) is 0 Å². The summed E-state index contributed by atoms with van der Waals surface area (Å²) in [4.78, 5) is 31.0. The van der Waals surface area contributed by atoms with Crippen LogP contribution in [0.15, 0.2) is 30.6 Å². The van der Waals surface area contributed by atoms with E-state index in [1.807, 2.05) is 47.7 Å². The summed E-state index contributed by atoms with van der Waals surface area (Å²) in [5.74, 6) is 0.123. The standard InChI is InChI=1S/C22H24N8O2/c1-13(31)29-7-8-30-18(12-29)20(25-21(30)22(32)23-2)14-5-6-17-16(9-14)19(26-28(17)4)15-10-24-27(3)11-15/h5-6,9-11H,7-8,12H2,1-4H3,(H,23,32). The first kappa shape index (κ1) is 20.0. The molecule has 1 N–H and O–H groups in total. The van der Waals surface area contributed by atoms with E-state index in [9.17, 15) is 9.59 Å². The molecule has 1 aliphatic rings. The highest BCUT2D eigenvalue weighted by atomic mass is 16.2. The number of carbonyl (C=O) groups is 2. The molecule has 3 aromatic heterocycles. The highest BCUT2D eigenvalue weighted by Gasteiger charge is 2.28. The topological polar surface area (TPSA) is 103 Å². The normalized spacial score (nSPS) is 13.4. The molecule has 10 nitrogen and oxygen atoms in total. The molecule has 1 aliphatic heterocycles. The van der Waals surface area contributed by atoms with Gasteiger partial charge in [0.2, 0.25) is 5.91 Å². The van der Waals surface area contributed by atoms with Gasteiger partial charge in [-0.15, -0.1) is 0 Å². The van der Waals surface area contributed by atoms with Crippen molar-refractivity contribution in [2.75, 3.05) is 13.6 Å². The zero-order chi connectivity index (χ0) is 22.6. The van der Waals surface area contributed by atoms with E-state index >= 15 is 0 Å². The summed E-state index contributed by atoms with van der Waals surface area (Å²) in [5.41, 5.74) is 5.18. The number of hydrogen-bond acceptors (Lipinski definition) is 5. The van der Waals surface area contributed by atoms with E-state index in [0.717, 1.165) is 33.4 Å². The largest absolute Gasteiger partial charge is 0.352 e. The number of aryl methyl sites for hydroxylation is 2. The number of aromatic nitrogens is 6. The van der Waals surface area contributed by atoms with E-state index in [4.69, 9.17) is 10.1 Å². The molecule has 0 radical (unpaired) electrons. The highest BCUT2D eigenvalue weighted by molar-refractivity contribution is 5.96. The van der Waals surface area contributed by atoms with E-state index in [1.165, 1.54) is 0 Å². The molecule has 4 aromatic rings. The summed E-state index contributed by atoms with van der Waals surface area (Å²) in [7, 11) is 5.38. The maximum absolute atomic E-state index is 12.5. The number of nitrogens with zero attached hydrogens (tertiary/aromatic N) is 7. The molecule has 0 spiro atoms.